The summed E-state index contributed by atoms with van der Waals surface area (Å²) in [6.07, 6.45) is 2.83. The van der Waals surface area contributed by atoms with Gasteiger partial charge in [-0.1, -0.05) is 109 Å². The summed E-state index contributed by atoms with van der Waals surface area (Å²) in [5, 5.41) is 14.8. The van der Waals surface area contributed by atoms with Gasteiger partial charge in [0.1, 0.15) is 6.07 Å². The van der Waals surface area contributed by atoms with Crippen molar-refractivity contribution in [2.24, 2.45) is 0 Å². The molecule has 0 aliphatic heterocycles. The molecule has 0 saturated carbocycles. The van der Waals surface area contributed by atoms with Crippen LogP contribution in [0.5, 0.6) is 0 Å². The van der Waals surface area contributed by atoms with Gasteiger partial charge in [0.2, 0.25) is 0 Å². The smallest absolute Gasteiger partial charge is 0.101 e. The number of benzene rings is 6. The number of nitrogens with one attached hydrogen (secondary N) is 2. The first-order chi connectivity index (χ1) is 20.3. The van der Waals surface area contributed by atoms with Crippen molar-refractivity contribution in [3.05, 3.63) is 156 Å². The maximum absolute atomic E-state index is 8.65. The summed E-state index contributed by atoms with van der Waals surface area (Å²) in [7, 11) is 0. The van der Waals surface area contributed by atoms with Crippen molar-refractivity contribution in [3.63, 3.8) is 0 Å². The molecule has 1 aliphatic rings. The number of para-hydroxylation sites is 2. The van der Waals surface area contributed by atoms with E-state index in [1.165, 1.54) is 54.8 Å². The van der Waals surface area contributed by atoms with Gasteiger partial charge in [-0.05, 0) is 63.7 Å². The van der Waals surface area contributed by atoms with Crippen LogP contribution in [0.2, 0.25) is 0 Å². The molecular formula is C38H27N3. The molecule has 0 unspecified atom stereocenters. The van der Waals surface area contributed by atoms with Gasteiger partial charge in [0.25, 0.3) is 0 Å². The summed E-state index contributed by atoms with van der Waals surface area (Å²) in [5.41, 5.74) is 9.90. The maximum Gasteiger partial charge on any atom is 0.101 e. The summed E-state index contributed by atoms with van der Waals surface area (Å²) in [4.78, 5) is 6.49. The van der Waals surface area contributed by atoms with Crippen molar-refractivity contribution < 1.29 is 0 Å². The lowest BCUT2D eigenvalue weighted by Crippen LogP contribution is -1.77. The summed E-state index contributed by atoms with van der Waals surface area (Å²) in [6.45, 7) is 0. The van der Waals surface area contributed by atoms with Crippen LogP contribution in [-0.2, 0) is 6.42 Å². The largest absolute Gasteiger partial charge is 0.360 e. The molecule has 194 valence electrons. The molecule has 9 rings (SSSR count). The second-order valence-corrected chi connectivity index (χ2v) is 10.3. The Bertz CT molecular complexity index is 2160. The molecule has 2 aromatic heterocycles. The van der Waals surface area contributed by atoms with Crippen LogP contribution in [0, 0.1) is 11.3 Å². The number of hydrogen-bond donors (Lipinski definition) is 2. The van der Waals surface area contributed by atoms with Gasteiger partial charge >= 0.3 is 0 Å². The third-order valence-electron chi connectivity index (χ3n) is 7.79. The minimum absolute atomic E-state index is 0.709. The fourth-order valence-electron chi connectivity index (χ4n) is 5.78. The Kier molecular flexibility index (Phi) is 6.28. The Hall–Kier alpha value is -5.59. The molecule has 0 bridgehead atoms. The highest BCUT2D eigenvalue weighted by atomic mass is 14.7. The van der Waals surface area contributed by atoms with Crippen LogP contribution in [0.25, 0.3) is 54.6 Å². The van der Waals surface area contributed by atoms with E-state index in [1.54, 1.807) is 6.20 Å². The number of nitrogens with zero attached hydrogens (tertiary/aromatic N) is 1. The molecule has 1 aliphatic carbocycles. The highest BCUT2D eigenvalue weighted by Gasteiger charge is 2.15. The van der Waals surface area contributed by atoms with E-state index >= 15 is 0 Å². The van der Waals surface area contributed by atoms with E-state index in [0.29, 0.717) is 5.56 Å². The molecule has 41 heavy (non-hydrogen) atoms. The number of aromatic amines is 2. The molecule has 3 nitrogen and oxygen atoms in total. The monoisotopic (exact) mass is 525 g/mol. The summed E-state index contributed by atoms with van der Waals surface area (Å²) < 4.78 is 0. The minimum atomic E-state index is 0.709. The van der Waals surface area contributed by atoms with Crippen molar-refractivity contribution in [1.82, 2.24) is 9.97 Å². The Morgan fingerprint density at radius 3 is 1.78 bits per heavy atom. The summed E-state index contributed by atoms with van der Waals surface area (Å²) in [6, 6.07) is 48.6. The van der Waals surface area contributed by atoms with E-state index in [2.05, 4.69) is 125 Å². The SMILES string of the molecule is N#Cc1c[nH]c2ccccc12.c1ccc2c(c1)Cc1ccccc1-2.c1ccc2cc3c(cc2c1)[nH]c1ccccc13. The first-order valence-electron chi connectivity index (χ1n) is 13.8. The van der Waals surface area contributed by atoms with Crippen LogP contribution in [0.15, 0.2) is 140 Å². The van der Waals surface area contributed by atoms with Crippen LogP contribution in [0.4, 0.5) is 0 Å². The number of H-pyrrole nitrogens is 2. The van der Waals surface area contributed by atoms with Crippen molar-refractivity contribution in [1.29, 1.82) is 5.26 Å². The molecule has 0 atom stereocenters. The number of rotatable bonds is 0. The Morgan fingerprint density at radius 2 is 1.07 bits per heavy atom. The van der Waals surface area contributed by atoms with Gasteiger partial charge in [-0.3, -0.25) is 0 Å². The van der Waals surface area contributed by atoms with E-state index in [0.717, 1.165) is 17.3 Å². The van der Waals surface area contributed by atoms with Crippen LogP contribution in [-0.4, -0.2) is 9.97 Å². The normalized spacial score (nSPS) is 11.3. The zero-order chi connectivity index (χ0) is 27.6. The average Bonchev–Trinajstić information content (AvgIpc) is 3.73. The van der Waals surface area contributed by atoms with E-state index in [1.807, 2.05) is 24.3 Å². The lowest BCUT2D eigenvalue weighted by atomic mass is 10.1. The lowest BCUT2D eigenvalue weighted by molar-refractivity contribution is 1.26. The second-order valence-electron chi connectivity index (χ2n) is 10.3. The van der Waals surface area contributed by atoms with Crippen LogP contribution >= 0.6 is 0 Å². The van der Waals surface area contributed by atoms with E-state index in [9.17, 15) is 0 Å². The highest BCUT2D eigenvalue weighted by molar-refractivity contribution is 6.11. The van der Waals surface area contributed by atoms with E-state index in [4.69, 9.17) is 5.26 Å². The average molecular weight is 526 g/mol. The molecule has 3 heteroatoms. The third-order valence-corrected chi connectivity index (χ3v) is 7.79. The highest BCUT2D eigenvalue weighted by Crippen LogP contribution is 2.35. The topological polar surface area (TPSA) is 55.4 Å². The Labute approximate surface area is 238 Å². The van der Waals surface area contributed by atoms with E-state index in [-0.39, 0.29) is 0 Å². The molecule has 0 fully saturated rings. The molecule has 2 N–H and O–H groups in total. The summed E-state index contributed by atoms with van der Waals surface area (Å²) >= 11 is 0. The predicted molar refractivity (Wildman–Crippen MR) is 171 cm³/mol. The van der Waals surface area contributed by atoms with Crippen LogP contribution < -0.4 is 0 Å². The first kappa shape index (κ1) is 24.5. The zero-order valence-corrected chi connectivity index (χ0v) is 22.4. The zero-order valence-electron chi connectivity index (χ0n) is 22.4. The van der Waals surface area contributed by atoms with Gasteiger partial charge in [0.05, 0.1) is 5.56 Å². The Morgan fingerprint density at radius 1 is 0.512 bits per heavy atom. The summed E-state index contributed by atoms with van der Waals surface area (Å²) in [5.74, 6) is 0. The van der Waals surface area contributed by atoms with Crippen molar-refractivity contribution in [2.75, 3.05) is 0 Å². The van der Waals surface area contributed by atoms with Crippen LogP contribution in [0.3, 0.4) is 0 Å². The minimum Gasteiger partial charge on any atom is -0.360 e. The van der Waals surface area contributed by atoms with Crippen molar-refractivity contribution in [2.45, 2.75) is 6.42 Å². The number of fused-ring (bicyclic) bond motifs is 8. The lowest BCUT2D eigenvalue weighted by Gasteiger charge is -1.98. The third kappa shape index (κ3) is 4.62. The number of hydrogen-bond acceptors (Lipinski definition) is 1. The fraction of sp³-hybridized carbons (Fsp3) is 0.0263. The first-order valence-corrected chi connectivity index (χ1v) is 13.8. The van der Waals surface area contributed by atoms with Crippen molar-refractivity contribution >= 4 is 43.5 Å². The van der Waals surface area contributed by atoms with Crippen molar-refractivity contribution in [3.8, 4) is 17.2 Å². The Balaban J connectivity index is 0.000000104. The standard InChI is InChI=1S/C16H11N.C13H10.C9H6N2/c1-2-6-12-10-16-14(9-11(12)5-1)13-7-3-4-8-15(13)17-16;1-3-7-12-10(5-1)9-11-6-2-4-8-13(11)12;10-5-7-6-11-9-4-2-1-3-8(7)9/h1-10,17H;1-8H,9H2;1-4,6,11H. The molecule has 8 aromatic rings. The van der Waals surface area contributed by atoms with E-state index < -0.39 is 0 Å². The predicted octanol–water partition coefficient (Wildman–Crippen LogP) is 9.77. The maximum atomic E-state index is 8.65. The molecule has 0 spiro atoms. The fourth-order valence-corrected chi connectivity index (χ4v) is 5.78. The quantitative estimate of drug-likeness (QED) is 0.203. The molecule has 0 amide bonds. The van der Waals surface area contributed by atoms with Crippen LogP contribution in [0.1, 0.15) is 16.7 Å². The van der Waals surface area contributed by atoms with Gasteiger partial charge in [-0.25, -0.2) is 0 Å². The number of nitriles is 1. The molecule has 0 radical (unpaired) electrons. The van der Waals surface area contributed by atoms with Gasteiger partial charge in [-0.2, -0.15) is 5.26 Å². The molecule has 2 heterocycles. The van der Waals surface area contributed by atoms with Gasteiger partial charge in [-0.15, -0.1) is 0 Å². The molecule has 0 saturated heterocycles. The molecular weight excluding hydrogens is 498 g/mol. The van der Waals surface area contributed by atoms with Gasteiger partial charge in [0.15, 0.2) is 0 Å². The number of aromatic nitrogens is 2. The van der Waals surface area contributed by atoms with Gasteiger partial charge < -0.3 is 9.97 Å². The molecule has 6 aromatic carbocycles. The second kappa shape index (κ2) is 10.5. The van der Waals surface area contributed by atoms with Gasteiger partial charge in [0, 0.05) is 38.9 Å².